The molecule has 3 fully saturated rings. The fraction of sp³-hybridized carbons (Fsp3) is 0.857. The van der Waals surface area contributed by atoms with Crippen LogP contribution >= 0.6 is 0 Å². The number of carboxylic acid groups (broad SMARTS) is 1. The summed E-state index contributed by atoms with van der Waals surface area (Å²) in [7, 11) is 1.70. The number of hydrogen-bond donors (Lipinski definition) is 2. The molecule has 0 aromatic carbocycles. The number of carboxylic acids is 1. The van der Waals surface area contributed by atoms with E-state index in [9.17, 15) is 14.7 Å². The number of nitrogens with zero attached hydrogens (tertiary/aromatic N) is 1. The van der Waals surface area contributed by atoms with Crippen molar-refractivity contribution in [1.82, 2.24) is 10.2 Å². The third-order valence-electron chi connectivity index (χ3n) is 5.13. The molecule has 5 atom stereocenters. The summed E-state index contributed by atoms with van der Waals surface area (Å²) >= 11 is 0. The third kappa shape index (κ3) is 2.26. The van der Waals surface area contributed by atoms with Crippen LogP contribution in [0.5, 0.6) is 0 Å². The smallest absolute Gasteiger partial charge is 0.318 e. The number of methoxy groups -OCH3 is 1. The molecule has 2 heterocycles. The molecule has 2 N–H and O–H groups in total. The molecule has 0 aromatic rings. The maximum Gasteiger partial charge on any atom is 0.318 e. The van der Waals surface area contributed by atoms with Crippen LogP contribution in [0.25, 0.3) is 0 Å². The van der Waals surface area contributed by atoms with Gasteiger partial charge in [-0.05, 0) is 38.5 Å². The highest BCUT2D eigenvalue weighted by Gasteiger charge is 2.51. The summed E-state index contributed by atoms with van der Waals surface area (Å²) in [5, 5.41) is 12.3. The standard InChI is InChI=1S/C14H22N2O4/c1-20-10-4-2-8(6-10)15-14(19)16-9-3-5-12(16)11(7-9)13(17)18/h8-12H,2-7H2,1H3,(H,15,19)(H,17,18). The van der Waals surface area contributed by atoms with E-state index in [4.69, 9.17) is 4.74 Å². The summed E-state index contributed by atoms with van der Waals surface area (Å²) in [5.74, 6) is -1.15. The van der Waals surface area contributed by atoms with Crippen molar-refractivity contribution in [2.45, 2.75) is 62.8 Å². The number of aliphatic carboxylic acids is 1. The number of carbonyl (C=O) groups is 2. The molecule has 0 aromatic heterocycles. The molecule has 1 aliphatic carbocycles. The van der Waals surface area contributed by atoms with Crippen LogP contribution in [0.15, 0.2) is 0 Å². The Bertz CT molecular complexity index is 414. The molecule has 5 unspecified atom stereocenters. The van der Waals surface area contributed by atoms with Crippen LogP contribution < -0.4 is 5.32 Å². The molecule has 20 heavy (non-hydrogen) atoms. The van der Waals surface area contributed by atoms with Crippen LogP contribution in [0.1, 0.15) is 38.5 Å². The molecule has 2 bridgehead atoms. The average Bonchev–Trinajstić information content (AvgIpc) is 3.11. The number of carbonyl (C=O) groups excluding carboxylic acids is 1. The first-order valence-electron chi connectivity index (χ1n) is 7.44. The van der Waals surface area contributed by atoms with Crippen molar-refractivity contribution in [1.29, 1.82) is 0 Å². The van der Waals surface area contributed by atoms with Gasteiger partial charge in [0.15, 0.2) is 0 Å². The lowest BCUT2D eigenvalue weighted by Gasteiger charge is -2.25. The minimum atomic E-state index is -0.768. The maximum absolute atomic E-state index is 12.4. The molecule has 0 spiro atoms. The third-order valence-corrected chi connectivity index (χ3v) is 5.13. The Morgan fingerprint density at radius 3 is 2.60 bits per heavy atom. The van der Waals surface area contributed by atoms with E-state index >= 15 is 0 Å². The predicted molar refractivity (Wildman–Crippen MR) is 71.4 cm³/mol. The van der Waals surface area contributed by atoms with E-state index in [0.717, 1.165) is 32.1 Å². The zero-order chi connectivity index (χ0) is 14.3. The monoisotopic (exact) mass is 282 g/mol. The van der Waals surface area contributed by atoms with E-state index in [2.05, 4.69) is 5.32 Å². The van der Waals surface area contributed by atoms with E-state index in [1.807, 2.05) is 0 Å². The van der Waals surface area contributed by atoms with E-state index in [-0.39, 0.29) is 36.2 Å². The largest absolute Gasteiger partial charge is 0.481 e. The van der Waals surface area contributed by atoms with Crippen molar-refractivity contribution < 1.29 is 19.4 Å². The van der Waals surface area contributed by atoms with Crippen LogP contribution in [0.4, 0.5) is 4.79 Å². The molecule has 112 valence electrons. The normalized spacial score (nSPS) is 39.2. The van der Waals surface area contributed by atoms with Crippen LogP contribution in [0, 0.1) is 5.92 Å². The van der Waals surface area contributed by atoms with Gasteiger partial charge in [0.2, 0.25) is 0 Å². The summed E-state index contributed by atoms with van der Waals surface area (Å²) in [5.41, 5.74) is 0. The van der Waals surface area contributed by atoms with Gasteiger partial charge in [0, 0.05) is 25.2 Å². The Balaban J connectivity index is 1.60. The predicted octanol–water partition coefficient (Wildman–Crippen LogP) is 1.20. The van der Waals surface area contributed by atoms with Gasteiger partial charge in [-0.1, -0.05) is 0 Å². The summed E-state index contributed by atoms with van der Waals surface area (Å²) in [6.07, 6.45) is 5.38. The molecule has 3 rings (SSSR count). The van der Waals surface area contributed by atoms with Crippen molar-refractivity contribution in [3.63, 3.8) is 0 Å². The van der Waals surface area contributed by atoms with E-state index in [1.54, 1.807) is 12.0 Å². The van der Waals surface area contributed by atoms with Gasteiger partial charge in [-0.15, -0.1) is 0 Å². The lowest BCUT2D eigenvalue weighted by molar-refractivity contribution is -0.142. The Morgan fingerprint density at radius 1 is 1.20 bits per heavy atom. The fourth-order valence-electron chi connectivity index (χ4n) is 4.11. The molecule has 6 nitrogen and oxygen atoms in total. The molecule has 6 heteroatoms. The van der Waals surface area contributed by atoms with Crippen molar-refractivity contribution in [3.8, 4) is 0 Å². The van der Waals surface area contributed by atoms with Gasteiger partial charge in [-0.25, -0.2) is 4.79 Å². The van der Waals surface area contributed by atoms with Gasteiger partial charge in [-0.2, -0.15) is 0 Å². The molecule has 2 amide bonds. The number of nitrogens with one attached hydrogen (secondary N) is 1. The number of fused-ring (bicyclic) bond motifs is 2. The fourth-order valence-corrected chi connectivity index (χ4v) is 4.11. The highest BCUT2D eigenvalue weighted by atomic mass is 16.5. The average molecular weight is 282 g/mol. The summed E-state index contributed by atoms with van der Waals surface area (Å²) in [6, 6.07) is 0.0802. The summed E-state index contributed by atoms with van der Waals surface area (Å²) < 4.78 is 5.31. The van der Waals surface area contributed by atoms with Crippen LogP contribution in [-0.2, 0) is 9.53 Å². The first-order chi connectivity index (χ1) is 9.60. The van der Waals surface area contributed by atoms with Crippen LogP contribution in [0.2, 0.25) is 0 Å². The number of hydrogen-bond acceptors (Lipinski definition) is 3. The van der Waals surface area contributed by atoms with Gasteiger partial charge < -0.3 is 20.1 Å². The zero-order valence-corrected chi connectivity index (χ0v) is 11.7. The lowest BCUT2D eigenvalue weighted by atomic mass is 9.89. The van der Waals surface area contributed by atoms with Crippen LogP contribution in [0.3, 0.4) is 0 Å². The van der Waals surface area contributed by atoms with Gasteiger partial charge in [-0.3, -0.25) is 4.79 Å². The first-order valence-corrected chi connectivity index (χ1v) is 7.44. The second-order valence-corrected chi connectivity index (χ2v) is 6.20. The van der Waals surface area contributed by atoms with E-state index in [0.29, 0.717) is 6.42 Å². The van der Waals surface area contributed by atoms with Gasteiger partial charge in [0.1, 0.15) is 0 Å². The quantitative estimate of drug-likeness (QED) is 0.815. The van der Waals surface area contributed by atoms with Crippen molar-refractivity contribution >= 4 is 12.0 Å². The highest BCUT2D eigenvalue weighted by molar-refractivity contribution is 5.79. The Hall–Kier alpha value is -1.30. The Labute approximate surface area is 118 Å². The highest BCUT2D eigenvalue weighted by Crippen LogP contribution is 2.41. The number of amides is 2. The zero-order valence-electron chi connectivity index (χ0n) is 11.7. The van der Waals surface area contributed by atoms with E-state index in [1.165, 1.54) is 0 Å². The number of rotatable bonds is 3. The summed E-state index contributed by atoms with van der Waals surface area (Å²) in [4.78, 5) is 25.4. The van der Waals surface area contributed by atoms with Gasteiger partial charge in [0.05, 0.1) is 12.0 Å². The van der Waals surface area contributed by atoms with Crippen molar-refractivity contribution in [2.75, 3.05) is 7.11 Å². The number of ether oxygens (including phenoxy) is 1. The van der Waals surface area contributed by atoms with Gasteiger partial charge in [0.25, 0.3) is 0 Å². The van der Waals surface area contributed by atoms with Crippen molar-refractivity contribution in [2.24, 2.45) is 5.92 Å². The molecule has 0 radical (unpaired) electrons. The van der Waals surface area contributed by atoms with Gasteiger partial charge >= 0.3 is 12.0 Å². The second-order valence-electron chi connectivity index (χ2n) is 6.20. The minimum Gasteiger partial charge on any atom is -0.481 e. The molecule has 2 saturated heterocycles. The maximum atomic E-state index is 12.4. The Morgan fingerprint density at radius 2 is 2.00 bits per heavy atom. The molecule has 2 aliphatic heterocycles. The minimum absolute atomic E-state index is 0.0806. The van der Waals surface area contributed by atoms with E-state index < -0.39 is 5.97 Å². The lowest BCUT2D eigenvalue weighted by Crippen LogP contribution is -2.47. The SMILES string of the molecule is COC1CCC(NC(=O)N2C3CCC2C(C(=O)O)C3)C1. The molecule has 3 aliphatic rings. The molecular formula is C14H22N2O4. The first kappa shape index (κ1) is 13.7. The van der Waals surface area contributed by atoms with Crippen LogP contribution in [-0.4, -0.2) is 53.3 Å². The molecular weight excluding hydrogens is 260 g/mol. The summed E-state index contributed by atoms with van der Waals surface area (Å²) in [6.45, 7) is 0. The van der Waals surface area contributed by atoms with Crippen molar-refractivity contribution in [3.05, 3.63) is 0 Å². The second kappa shape index (κ2) is 5.24. The topological polar surface area (TPSA) is 78.9 Å². The molecule has 1 saturated carbocycles. The number of urea groups is 1. The Kier molecular flexibility index (Phi) is 3.58.